The van der Waals surface area contributed by atoms with Gasteiger partial charge in [-0.05, 0) is 55.3 Å². The molecule has 0 spiro atoms. The van der Waals surface area contributed by atoms with Crippen LogP contribution in [0.5, 0.6) is 5.75 Å². The van der Waals surface area contributed by atoms with Gasteiger partial charge in [-0.25, -0.2) is 14.6 Å². The first-order chi connectivity index (χ1) is 19.6. The Bertz CT molecular complexity index is 1620. The summed E-state index contributed by atoms with van der Waals surface area (Å²) in [6.07, 6.45) is 6.85. The first-order valence-electron chi connectivity index (χ1n) is 13.0. The second-order valence-corrected chi connectivity index (χ2v) is 9.54. The molecular weight excluding hydrogens is 508 g/mol. The predicted octanol–water partition coefficient (Wildman–Crippen LogP) is 3.48. The number of carbonyl (C=O) groups is 1. The second kappa shape index (κ2) is 10.9. The SMILES string of the molecule is COc1cc(NC(=O)C2CCN(c3ccnc(-c4cccc(-n5cccn5)c4)n3)CC2)cc(-n2nnc(C)n2)c1. The van der Waals surface area contributed by atoms with E-state index in [1.54, 1.807) is 44.6 Å². The van der Waals surface area contributed by atoms with Gasteiger partial charge in [0.05, 0.1) is 18.5 Å². The van der Waals surface area contributed by atoms with E-state index in [0.717, 1.165) is 17.1 Å². The Hall–Kier alpha value is -5.13. The van der Waals surface area contributed by atoms with Crippen LogP contribution in [0.4, 0.5) is 11.5 Å². The number of nitrogens with one attached hydrogen (secondary N) is 1. The maximum absolute atomic E-state index is 13.2. The Kier molecular flexibility index (Phi) is 6.87. The van der Waals surface area contributed by atoms with Gasteiger partial charge in [0.2, 0.25) is 5.91 Å². The fourth-order valence-electron chi connectivity index (χ4n) is 4.77. The summed E-state index contributed by atoms with van der Waals surface area (Å²) in [7, 11) is 1.58. The van der Waals surface area contributed by atoms with Crippen LogP contribution in [0.1, 0.15) is 18.7 Å². The monoisotopic (exact) mass is 536 g/mol. The molecule has 5 aromatic rings. The molecule has 2 aromatic carbocycles. The van der Waals surface area contributed by atoms with Gasteiger partial charge in [-0.15, -0.1) is 15.0 Å². The fourth-order valence-corrected chi connectivity index (χ4v) is 4.77. The van der Waals surface area contributed by atoms with Crippen LogP contribution in [0.25, 0.3) is 22.8 Å². The van der Waals surface area contributed by atoms with E-state index in [9.17, 15) is 4.79 Å². The number of piperidine rings is 1. The minimum absolute atomic E-state index is 0.0274. The van der Waals surface area contributed by atoms with Crippen molar-refractivity contribution in [2.24, 2.45) is 5.92 Å². The van der Waals surface area contributed by atoms with Gasteiger partial charge in [-0.2, -0.15) is 5.10 Å². The minimum Gasteiger partial charge on any atom is -0.497 e. The van der Waals surface area contributed by atoms with Crippen molar-refractivity contribution in [3.05, 3.63) is 79.0 Å². The fraction of sp³-hybridized carbons (Fsp3) is 0.250. The maximum Gasteiger partial charge on any atom is 0.227 e. The lowest BCUT2D eigenvalue weighted by molar-refractivity contribution is -0.120. The number of methoxy groups -OCH3 is 1. The van der Waals surface area contributed by atoms with Gasteiger partial charge < -0.3 is 15.0 Å². The van der Waals surface area contributed by atoms with E-state index in [1.165, 1.54) is 4.80 Å². The summed E-state index contributed by atoms with van der Waals surface area (Å²) in [6.45, 7) is 3.20. The van der Waals surface area contributed by atoms with Crippen molar-refractivity contribution in [2.75, 3.05) is 30.4 Å². The topological polar surface area (TPSA) is 129 Å². The van der Waals surface area contributed by atoms with Gasteiger partial charge in [-0.3, -0.25) is 4.79 Å². The number of hydrogen-bond donors (Lipinski definition) is 1. The maximum atomic E-state index is 13.2. The molecule has 0 aliphatic carbocycles. The van der Waals surface area contributed by atoms with Gasteiger partial charge in [0.15, 0.2) is 11.6 Å². The largest absolute Gasteiger partial charge is 0.497 e. The Labute approximate surface area is 230 Å². The van der Waals surface area contributed by atoms with Crippen LogP contribution in [0.2, 0.25) is 0 Å². The molecule has 0 unspecified atom stereocenters. The van der Waals surface area contributed by atoms with Crippen LogP contribution < -0.4 is 15.0 Å². The molecule has 6 rings (SSSR count). The van der Waals surface area contributed by atoms with Crippen LogP contribution in [-0.4, -0.2) is 66.1 Å². The Balaban J connectivity index is 1.11. The summed E-state index contributed by atoms with van der Waals surface area (Å²) in [6, 6.07) is 17.2. The molecule has 1 aliphatic rings. The molecule has 1 amide bonds. The van der Waals surface area contributed by atoms with Crippen molar-refractivity contribution in [1.82, 2.24) is 40.0 Å². The average molecular weight is 537 g/mol. The molecule has 1 aliphatic heterocycles. The second-order valence-electron chi connectivity index (χ2n) is 9.54. The molecule has 0 radical (unpaired) electrons. The van der Waals surface area contributed by atoms with Crippen molar-refractivity contribution in [2.45, 2.75) is 19.8 Å². The van der Waals surface area contributed by atoms with Gasteiger partial charge in [-0.1, -0.05) is 12.1 Å². The molecule has 1 fully saturated rings. The van der Waals surface area contributed by atoms with Crippen LogP contribution in [-0.2, 0) is 4.79 Å². The predicted molar refractivity (Wildman–Crippen MR) is 149 cm³/mol. The van der Waals surface area contributed by atoms with Gasteiger partial charge in [0.1, 0.15) is 11.6 Å². The summed E-state index contributed by atoms with van der Waals surface area (Å²) in [4.78, 5) is 26.1. The lowest BCUT2D eigenvalue weighted by Gasteiger charge is -2.32. The number of anilines is 2. The molecule has 1 N–H and O–H groups in total. The normalized spacial score (nSPS) is 13.8. The molecule has 0 atom stereocenters. The summed E-state index contributed by atoms with van der Waals surface area (Å²) in [5.74, 6) is 2.50. The molecule has 0 saturated carbocycles. The lowest BCUT2D eigenvalue weighted by Crippen LogP contribution is -2.38. The van der Waals surface area contributed by atoms with Crippen molar-refractivity contribution in [3.63, 3.8) is 0 Å². The highest BCUT2D eigenvalue weighted by atomic mass is 16.5. The van der Waals surface area contributed by atoms with Gasteiger partial charge in [0, 0.05) is 61.0 Å². The van der Waals surface area contributed by atoms with Gasteiger partial charge in [0.25, 0.3) is 0 Å². The standard InChI is InChI=1S/C28H28N10O2/c1-19-33-35-38(34-19)24-16-22(17-25(18-24)40-2)31-28(39)20-8-13-36(14-9-20)26-7-11-29-27(32-26)21-5-3-6-23(15-21)37-12-4-10-30-37/h3-7,10-12,15-18,20H,8-9,13-14H2,1-2H3,(H,31,39). The molecule has 4 heterocycles. The summed E-state index contributed by atoms with van der Waals surface area (Å²) in [5, 5.41) is 19.6. The number of tetrazole rings is 1. The molecular formula is C28H28N10O2. The molecule has 1 saturated heterocycles. The van der Waals surface area contributed by atoms with E-state index >= 15 is 0 Å². The number of aryl methyl sites for hydroxylation is 1. The smallest absolute Gasteiger partial charge is 0.227 e. The molecule has 40 heavy (non-hydrogen) atoms. The summed E-state index contributed by atoms with van der Waals surface area (Å²) >= 11 is 0. The molecule has 12 heteroatoms. The number of nitrogens with zero attached hydrogens (tertiary/aromatic N) is 9. The van der Waals surface area contributed by atoms with E-state index < -0.39 is 0 Å². The van der Waals surface area contributed by atoms with E-state index in [2.05, 4.69) is 35.7 Å². The lowest BCUT2D eigenvalue weighted by atomic mass is 9.95. The molecule has 12 nitrogen and oxygen atoms in total. The van der Waals surface area contributed by atoms with Crippen LogP contribution in [0, 0.1) is 12.8 Å². The Morgan fingerprint density at radius 2 is 1.90 bits per heavy atom. The summed E-state index contributed by atoms with van der Waals surface area (Å²) in [5.41, 5.74) is 3.13. The molecule has 202 valence electrons. The van der Waals surface area contributed by atoms with Crippen LogP contribution in [0.15, 0.2) is 73.2 Å². The quantitative estimate of drug-likeness (QED) is 0.332. The Morgan fingerprint density at radius 1 is 1.02 bits per heavy atom. The number of amides is 1. The van der Waals surface area contributed by atoms with Crippen molar-refractivity contribution in [1.29, 1.82) is 0 Å². The molecule has 0 bridgehead atoms. The first kappa shape index (κ1) is 25.2. The van der Waals surface area contributed by atoms with Crippen molar-refractivity contribution in [3.8, 4) is 28.5 Å². The number of rotatable bonds is 7. The zero-order valence-corrected chi connectivity index (χ0v) is 22.2. The number of carbonyl (C=O) groups excluding carboxylic acids is 1. The van der Waals surface area contributed by atoms with E-state index in [-0.39, 0.29) is 11.8 Å². The zero-order valence-electron chi connectivity index (χ0n) is 22.2. The van der Waals surface area contributed by atoms with Gasteiger partial charge >= 0.3 is 0 Å². The molecule has 3 aromatic heterocycles. The average Bonchev–Trinajstić information content (AvgIpc) is 3.70. The highest BCUT2D eigenvalue weighted by Gasteiger charge is 2.26. The van der Waals surface area contributed by atoms with Crippen LogP contribution >= 0.6 is 0 Å². The zero-order chi connectivity index (χ0) is 27.5. The third-order valence-electron chi connectivity index (χ3n) is 6.84. The number of aromatic nitrogens is 8. The summed E-state index contributed by atoms with van der Waals surface area (Å²) < 4.78 is 7.22. The number of hydrogen-bond acceptors (Lipinski definition) is 9. The third-order valence-corrected chi connectivity index (χ3v) is 6.84. The minimum atomic E-state index is -0.121. The van der Waals surface area contributed by atoms with Crippen molar-refractivity contribution < 1.29 is 9.53 Å². The highest BCUT2D eigenvalue weighted by molar-refractivity contribution is 5.93. The first-order valence-corrected chi connectivity index (χ1v) is 13.0. The Morgan fingerprint density at radius 3 is 2.65 bits per heavy atom. The number of ether oxygens (including phenoxy) is 1. The van der Waals surface area contributed by atoms with E-state index in [4.69, 9.17) is 9.72 Å². The van der Waals surface area contributed by atoms with E-state index in [1.807, 2.05) is 47.3 Å². The number of benzene rings is 2. The highest BCUT2D eigenvalue weighted by Crippen LogP contribution is 2.27. The van der Waals surface area contributed by atoms with Crippen LogP contribution in [0.3, 0.4) is 0 Å². The third kappa shape index (κ3) is 5.37. The van der Waals surface area contributed by atoms with Crippen molar-refractivity contribution >= 4 is 17.4 Å². The van der Waals surface area contributed by atoms with E-state index in [0.29, 0.717) is 54.7 Å².